The highest BCUT2D eigenvalue weighted by atomic mass is 32.2. The summed E-state index contributed by atoms with van der Waals surface area (Å²) in [6.45, 7) is 2.29. The maximum absolute atomic E-state index is 11.8. The van der Waals surface area contributed by atoms with E-state index in [1.165, 1.54) is 4.90 Å². The first kappa shape index (κ1) is 15.7. The van der Waals surface area contributed by atoms with E-state index in [-0.39, 0.29) is 31.1 Å². The molecule has 1 aliphatic rings. The summed E-state index contributed by atoms with van der Waals surface area (Å²) in [5, 5.41) is 11.5. The van der Waals surface area contributed by atoms with E-state index in [2.05, 4.69) is 5.32 Å². The maximum Gasteiger partial charge on any atom is 0.317 e. The van der Waals surface area contributed by atoms with Crippen molar-refractivity contribution in [2.45, 2.75) is 19.8 Å². The number of amides is 2. The minimum absolute atomic E-state index is 0.0300. The Hall–Kier alpha value is -1.31. The van der Waals surface area contributed by atoms with Crippen LogP contribution < -0.4 is 5.32 Å². The lowest BCUT2D eigenvalue weighted by Gasteiger charge is -2.27. The van der Waals surface area contributed by atoms with Crippen molar-refractivity contribution >= 4 is 21.8 Å². The number of sulfone groups is 1. The fourth-order valence-corrected chi connectivity index (χ4v) is 3.10. The standard InChI is InChI=1S/C11H20N2O5S/c1-2-3-9(10(14)15)8-12-11(16)13-4-6-19(17,18)7-5-13/h9H,2-8H2,1H3,(H,12,16)(H,14,15). The van der Waals surface area contributed by atoms with Crippen LogP contribution in [0, 0.1) is 5.92 Å². The largest absolute Gasteiger partial charge is 0.481 e. The summed E-state index contributed by atoms with van der Waals surface area (Å²) < 4.78 is 22.4. The summed E-state index contributed by atoms with van der Waals surface area (Å²) in [7, 11) is -3.02. The van der Waals surface area contributed by atoms with Crippen LogP contribution in [0.1, 0.15) is 19.8 Å². The second-order valence-corrected chi connectivity index (χ2v) is 6.95. The van der Waals surface area contributed by atoms with Crippen LogP contribution in [-0.2, 0) is 14.6 Å². The molecule has 1 fully saturated rings. The quantitative estimate of drug-likeness (QED) is 0.738. The van der Waals surface area contributed by atoms with Gasteiger partial charge in [-0.25, -0.2) is 13.2 Å². The Bertz CT molecular complexity index is 420. The van der Waals surface area contributed by atoms with Crippen molar-refractivity contribution in [3.8, 4) is 0 Å². The molecule has 2 amide bonds. The maximum atomic E-state index is 11.8. The number of carboxylic acids is 1. The Balaban J connectivity index is 2.41. The zero-order valence-corrected chi connectivity index (χ0v) is 11.8. The average molecular weight is 292 g/mol. The predicted molar refractivity (Wildman–Crippen MR) is 69.7 cm³/mol. The van der Waals surface area contributed by atoms with Crippen molar-refractivity contribution in [3.63, 3.8) is 0 Å². The predicted octanol–water partition coefficient (Wildman–Crippen LogP) is -0.0727. The van der Waals surface area contributed by atoms with Gasteiger partial charge in [-0.15, -0.1) is 0 Å². The topological polar surface area (TPSA) is 104 Å². The molecular formula is C11H20N2O5S. The van der Waals surface area contributed by atoms with Gasteiger partial charge in [0, 0.05) is 19.6 Å². The third kappa shape index (κ3) is 5.06. The molecule has 110 valence electrons. The molecule has 19 heavy (non-hydrogen) atoms. The SMILES string of the molecule is CCCC(CNC(=O)N1CCS(=O)(=O)CC1)C(=O)O. The normalized spacial score (nSPS) is 19.7. The number of carbonyl (C=O) groups excluding carboxylic acids is 1. The van der Waals surface area contributed by atoms with Crippen molar-refractivity contribution in [3.05, 3.63) is 0 Å². The summed E-state index contributed by atoms with van der Waals surface area (Å²) >= 11 is 0. The van der Waals surface area contributed by atoms with E-state index in [0.29, 0.717) is 6.42 Å². The van der Waals surface area contributed by atoms with Gasteiger partial charge < -0.3 is 15.3 Å². The first-order valence-electron chi connectivity index (χ1n) is 6.31. The Morgan fingerprint density at radius 2 is 1.89 bits per heavy atom. The van der Waals surface area contributed by atoms with E-state index >= 15 is 0 Å². The van der Waals surface area contributed by atoms with Crippen LogP contribution in [0.25, 0.3) is 0 Å². The Morgan fingerprint density at radius 3 is 2.37 bits per heavy atom. The molecule has 0 aliphatic carbocycles. The van der Waals surface area contributed by atoms with Gasteiger partial charge in [-0.2, -0.15) is 0 Å². The Labute approximate surface area is 112 Å². The summed E-state index contributed by atoms with van der Waals surface area (Å²) in [5.74, 6) is -1.58. The lowest BCUT2D eigenvalue weighted by Crippen LogP contribution is -2.49. The molecule has 2 N–H and O–H groups in total. The molecular weight excluding hydrogens is 272 g/mol. The van der Waals surface area contributed by atoms with Gasteiger partial charge in [0.25, 0.3) is 0 Å². The van der Waals surface area contributed by atoms with Gasteiger partial charge in [-0.3, -0.25) is 4.79 Å². The number of nitrogens with one attached hydrogen (secondary N) is 1. The molecule has 1 unspecified atom stereocenters. The molecule has 0 aromatic carbocycles. The first-order chi connectivity index (χ1) is 8.85. The zero-order chi connectivity index (χ0) is 14.5. The number of hydrogen-bond donors (Lipinski definition) is 2. The van der Waals surface area contributed by atoms with Gasteiger partial charge in [0.15, 0.2) is 9.84 Å². The number of carboxylic acid groups (broad SMARTS) is 1. The van der Waals surface area contributed by atoms with E-state index < -0.39 is 27.8 Å². The molecule has 0 spiro atoms. The third-order valence-electron chi connectivity index (χ3n) is 3.12. The number of rotatable bonds is 5. The number of nitrogens with zero attached hydrogens (tertiary/aromatic N) is 1. The van der Waals surface area contributed by atoms with Gasteiger partial charge in [0.1, 0.15) is 0 Å². The van der Waals surface area contributed by atoms with Crippen LogP contribution in [-0.4, -0.2) is 61.6 Å². The summed E-state index contributed by atoms with van der Waals surface area (Å²) in [6.07, 6.45) is 1.23. The molecule has 1 aliphatic heterocycles. The second-order valence-electron chi connectivity index (χ2n) is 4.65. The Morgan fingerprint density at radius 1 is 1.32 bits per heavy atom. The van der Waals surface area contributed by atoms with Crippen molar-refractivity contribution < 1.29 is 23.1 Å². The molecule has 0 aromatic heterocycles. The van der Waals surface area contributed by atoms with Crippen LogP contribution in [0.15, 0.2) is 0 Å². The lowest BCUT2D eigenvalue weighted by molar-refractivity contribution is -0.141. The second kappa shape index (κ2) is 6.74. The highest BCUT2D eigenvalue weighted by Gasteiger charge is 2.26. The zero-order valence-electron chi connectivity index (χ0n) is 11.0. The molecule has 0 saturated carbocycles. The van der Waals surface area contributed by atoms with Crippen molar-refractivity contribution in [1.29, 1.82) is 0 Å². The van der Waals surface area contributed by atoms with Gasteiger partial charge >= 0.3 is 12.0 Å². The molecule has 0 radical (unpaired) electrons. The first-order valence-corrected chi connectivity index (χ1v) is 8.14. The highest BCUT2D eigenvalue weighted by molar-refractivity contribution is 7.91. The van der Waals surface area contributed by atoms with E-state index in [1.807, 2.05) is 6.92 Å². The minimum atomic E-state index is -3.02. The average Bonchev–Trinajstić information content (AvgIpc) is 2.33. The van der Waals surface area contributed by atoms with E-state index in [0.717, 1.165) is 6.42 Å². The number of urea groups is 1. The van der Waals surface area contributed by atoms with Crippen LogP contribution in [0.4, 0.5) is 4.79 Å². The monoisotopic (exact) mass is 292 g/mol. The van der Waals surface area contributed by atoms with E-state index in [1.54, 1.807) is 0 Å². The van der Waals surface area contributed by atoms with Gasteiger partial charge in [-0.05, 0) is 6.42 Å². The highest BCUT2D eigenvalue weighted by Crippen LogP contribution is 2.07. The molecule has 0 aromatic rings. The summed E-state index contributed by atoms with van der Waals surface area (Å²) in [6, 6.07) is -0.391. The van der Waals surface area contributed by atoms with Crippen LogP contribution in [0.2, 0.25) is 0 Å². The molecule has 8 heteroatoms. The number of aliphatic carboxylic acids is 1. The minimum Gasteiger partial charge on any atom is -0.481 e. The molecule has 1 atom stereocenters. The number of carbonyl (C=O) groups is 2. The van der Waals surface area contributed by atoms with Gasteiger partial charge in [-0.1, -0.05) is 13.3 Å². The summed E-state index contributed by atoms with van der Waals surface area (Å²) in [5.41, 5.74) is 0. The van der Waals surface area contributed by atoms with Gasteiger partial charge in [0.05, 0.1) is 17.4 Å². The van der Waals surface area contributed by atoms with Crippen LogP contribution in [0.3, 0.4) is 0 Å². The lowest BCUT2D eigenvalue weighted by atomic mass is 10.0. The molecule has 1 saturated heterocycles. The Kier molecular flexibility index (Phi) is 5.59. The molecule has 1 rings (SSSR count). The van der Waals surface area contributed by atoms with E-state index in [9.17, 15) is 18.0 Å². The van der Waals surface area contributed by atoms with Gasteiger partial charge in [0.2, 0.25) is 0 Å². The van der Waals surface area contributed by atoms with Crippen LogP contribution >= 0.6 is 0 Å². The third-order valence-corrected chi connectivity index (χ3v) is 4.73. The smallest absolute Gasteiger partial charge is 0.317 e. The fourth-order valence-electron chi connectivity index (χ4n) is 1.90. The molecule has 0 bridgehead atoms. The van der Waals surface area contributed by atoms with Crippen LogP contribution in [0.5, 0.6) is 0 Å². The summed E-state index contributed by atoms with van der Waals surface area (Å²) in [4.78, 5) is 24.1. The fraction of sp³-hybridized carbons (Fsp3) is 0.818. The molecule has 1 heterocycles. The van der Waals surface area contributed by atoms with E-state index in [4.69, 9.17) is 5.11 Å². The van der Waals surface area contributed by atoms with Crippen molar-refractivity contribution in [2.24, 2.45) is 5.92 Å². The number of hydrogen-bond acceptors (Lipinski definition) is 4. The van der Waals surface area contributed by atoms with Crippen molar-refractivity contribution in [1.82, 2.24) is 10.2 Å². The molecule has 7 nitrogen and oxygen atoms in total. The van der Waals surface area contributed by atoms with Crippen molar-refractivity contribution in [2.75, 3.05) is 31.1 Å².